The molecule has 0 saturated carbocycles. The van der Waals surface area contributed by atoms with E-state index in [1.54, 1.807) is 18.7 Å². The quantitative estimate of drug-likeness (QED) is 0.638. The van der Waals surface area contributed by atoms with Crippen molar-refractivity contribution < 1.29 is 4.42 Å². The fourth-order valence-electron chi connectivity index (χ4n) is 0.949. The van der Waals surface area contributed by atoms with Gasteiger partial charge in [0.25, 0.3) is 0 Å². The van der Waals surface area contributed by atoms with Gasteiger partial charge in [-0.1, -0.05) is 0 Å². The molecule has 0 saturated heterocycles. The molecule has 0 aliphatic heterocycles. The van der Waals surface area contributed by atoms with Crippen LogP contribution in [0.4, 0.5) is 0 Å². The average Bonchev–Trinajstić information content (AvgIpc) is 2.56. The van der Waals surface area contributed by atoms with Gasteiger partial charge in [0.1, 0.15) is 5.69 Å². The molecule has 3 heteroatoms. The highest BCUT2D eigenvalue weighted by Gasteiger charge is 2.01. The molecule has 2 aromatic heterocycles. The fraction of sp³-hybridized carbons (Fsp3) is 0. The molecular formula is C9H7N2O. The summed E-state index contributed by atoms with van der Waals surface area (Å²) in [6.45, 7) is 3.68. The van der Waals surface area contributed by atoms with Gasteiger partial charge >= 0.3 is 0 Å². The van der Waals surface area contributed by atoms with Crippen LogP contribution in [-0.2, 0) is 0 Å². The van der Waals surface area contributed by atoms with E-state index >= 15 is 0 Å². The highest BCUT2D eigenvalue weighted by molar-refractivity contribution is 5.50. The van der Waals surface area contributed by atoms with Crippen LogP contribution in [0, 0.1) is 6.92 Å². The van der Waals surface area contributed by atoms with Gasteiger partial charge < -0.3 is 4.42 Å². The van der Waals surface area contributed by atoms with Crippen molar-refractivity contribution >= 4 is 0 Å². The molecule has 0 N–H and O–H groups in total. The monoisotopic (exact) mass is 159 g/mol. The molecule has 0 amide bonds. The zero-order valence-corrected chi connectivity index (χ0v) is 6.40. The second-order valence-electron chi connectivity index (χ2n) is 2.37. The van der Waals surface area contributed by atoms with E-state index in [4.69, 9.17) is 4.42 Å². The molecule has 2 rings (SSSR count). The number of furan rings is 1. The van der Waals surface area contributed by atoms with Crippen LogP contribution in [-0.4, -0.2) is 9.97 Å². The third kappa shape index (κ3) is 1.21. The van der Waals surface area contributed by atoms with E-state index < -0.39 is 0 Å². The molecule has 0 fully saturated rings. The first kappa shape index (κ1) is 7.03. The Morgan fingerprint density at radius 3 is 2.92 bits per heavy atom. The Labute approximate surface area is 70.1 Å². The lowest BCUT2D eigenvalue weighted by molar-refractivity contribution is 0.579. The van der Waals surface area contributed by atoms with Crippen LogP contribution in [0.25, 0.3) is 11.5 Å². The van der Waals surface area contributed by atoms with Gasteiger partial charge in [0.15, 0.2) is 5.76 Å². The third-order valence-electron chi connectivity index (χ3n) is 1.46. The van der Waals surface area contributed by atoms with Crippen molar-refractivity contribution in [2.75, 3.05) is 0 Å². The number of aromatic nitrogens is 2. The van der Waals surface area contributed by atoms with Gasteiger partial charge in [-0.2, -0.15) is 0 Å². The Morgan fingerprint density at radius 1 is 1.33 bits per heavy atom. The maximum Gasteiger partial charge on any atom is 0.153 e. The first-order valence-electron chi connectivity index (χ1n) is 3.54. The highest BCUT2D eigenvalue weighted by Crippen LogP contribution is 2.15. The van der Waals surface area contributed by atoms with Crippen molar-refractivity contribution in [2.45, 2.75) is 0 Å². The third-order valence-corrected chi connectivity index (χ3v) is 1.46. The molecule has 59 valence electrons. The summed E-state index contributed by atoms with van der Waals surface area (Å²) < 4.78 is 5.14. The minimum absolute atomic E-state index is 0.643. The van der Waals surface area contributed by atoms with E-state index in [-0.39, 0.29) is 0 Å². The van der Waals surface area contributed by atoms with E-state index in [1.807, 2.05) is 12.1 Å². The van der Waals surface area contributed by atoms with Crippen molar-refractivity contribution in [3.8, 4) is 11.5 Å². The van der Waals surface area contributed by atoms with E-state index in [1.165, 1.54) is 0 Å². The van der Waals surface area contributed by atoms with Gasteiger partial charge in [-0.05, 0) is 19.1 Å². The summed E-state index contributed by atoms with van der Waals surface area (Å²) in [7, 11) is 0. The maximum atomic E-state index is 5.14. The Kier molecular flexibility index (Phi) is 1.63. The lowest BCUT2D eigenvalue weighted by Gasteiger charge is -1.95. The summed E-state index contributed by atoms with van der Waals surface area (Å²) >= 11 is 0. The molecule has 2 aromatic rings. The molecule has 0 aliphatic carbocycles. The summed E-state index contributed by atoms with van der Waals surface area (Å²) in [5, 5.41) is 0. The molecule has 0 atom stereocenters. The topological polar surface area (TPSA) is 38.9 Å². The molecule has 1 radical (unpaired) electrons. The lowest BCUT2D eigenvalue weighted by atomic mass is 10.3. The molecule has 0 aliphatic rings. The van der Waals surface area contributed by atoms with E-state index in [0.29, 0.717) is 17.1 Å². The van der Waals surface area contributed by atoms with Crippen LogP contribution >= 0.6 is 0 Å². The maximum absolute atomic E-state index is 5.14. The molecule has 0 spiro atoms. The van der Waals surface area contributed by atoms with Crippen LogP contribution in [0.5, 0.6) is 0 Å². The average molecular weight is 159 g/mol. The number of nitrogens with zero attached hydrogens (tertiary/aromatic N) is 2. The molecule has 3 nitrogen and oxygen atoms in total. The summed E-state index contributed by atoms with van der Waals surface area (Å²) in [5.41, 5.74) is 1.36. The lowest BCUT2D eigenvalue weighted by Crippen LogP contribution is -1.86. The first-order valence-corrected chi connectivity index (χ1v) is 3.54. The highest BCUT2D eigenvalue weighted by atomic mass is 16.3. The number of hydrogen-bond donors (Lipinski definition) is 0. The normalized spacial score (nSPS) is 10.1. The van der Waals surface area contributed by atoms with Gasteiger partial charge in [-0.25, -0.2) is 4.98 Å². The Morgan fingerprint density at radius 2 is 2.25 bits per heavy atom. The Bertz CT molecular complexity index is 368. The van der Waals surface area contributed by atoms with Gasteiger partial charge in [0, 0.05) is 6.20 Å². The zero-order valence-electron chi connectivity index (χ0n) is 6.40. The Hall–Kier alpha value is -1.64. The van der Waals surface area contributed by atoms with Crippen LogP contribution in [0.1, 0.15) is 5.69 Å². The molecule has 0 unspecified atom stereocenters. The van der Waals surface area contributed by atoms with E-state index in [9.17, 15) is 0 Å². The summed E-state index contributed by atoms with van der Waals surface area (Å²) in [6, 6.07) is 3.65. The van der Waals surface area contributed by atoms with Gasteiger partial charge in [0.2, 0.25) is 0 Å². The smallest absolute Gasteiger partial charge is 0.153 e. The first-order chi connectivity index (χ1) is 5.86. The second-order valence-corrected chi connectivity index (χ2v) is 2.37. The number of hydrogen-bond acceptors (Lipinski definition) is 3. The van der Waals surface area contributed by atoms with Crippen LogP contribution in [0.3, 0.4) is 0 Å². The van der Waals surface area contributed by atoms with Crippen molar-refractivity contribution in [2.24, 2.45) is 0 Å². The summed E-state index contributed by atoms with van der Waals surface area (Å²) in [4.78, 5) is 8.10. The van der Waals surface area contributed by atoms with Crippen molar-refractivity contribution in [1.82, 2.24) is 9.97 Å². The van der Waals surface area contributed by atoms with Gasteiger partial charge in [-0.15, -0.1) is 0 Å². The minimum atomic E-state index is 0.643. The van der Waals surface area contributed by atoms with E-state index in [2.05, 4.69) is 16.9 Å². The largest absolute Gasteiger partial charge is 0.463 e. The standard InChI is InChI=1S/C9H7N2O/c1-7-5-10-6-8(11-7)9-3-2-4-12-9/h2-6H,1H2. The fourth-order valence-corrected chi connectivity index (χ4v) is 0.949. The summed E-state index contributed by atoms with van der Waals surface area (Å²) in [5.74, 6) is 0.716. The number of rotatable bonds is 1. The second kappa shape index (κ2) is 2.77. The zero-order chi connectivity index (χ0) is 8.39. The molecule has 0 aromatic carbocycles. The predicted octanol–water partition coefficient (Wildman–Crippen LogP) is 1.92. The van der Waals surface area contributed by atoms with Crippen LogP contribution in [0.15, 0.2) is 35.2 Å². The Balaban J connectivity index is 2.48. The van der Waals surface area contributed by atoms with Gasteiger partial charge in [-0.3, -0.25) is 4.98 Å². The SMILES string of the molecule is [CH2]c1cncc(-c2ccco2)n1. The van der Waals surface area contributed by atoms with Crippen LogP contribution < -0.4 is 0 Å². The van der Waals surface area contributed by atoms with Crippen molar-refractivity contribution in [3.63, 3.8) is 0 Å². The van der Waals surface area contributed by atoms with E-state index in [0.717, 1.165) is 0 Å². The summed E-state index contributed by atoms with van der Waals surface area (Å²) in [6.07, 6.45) is 4.85. The molecule has 0 bridgehead atoms. The molecule has 12 heavy (non-hydrogen) atoms. The predicted molar refractivity (Wildman–Crippen MR) is 44.2 cm³/mol. The van der Waals surface area contributed by atoms with Crippen molar-refractivity contribution in [3.05, 3.63) is 43.4 Å². The minimum Gasteiger partial charge on any atom is -0.463 e. The molecule has 2 heterocycles. The van der Waals surface area contributed by atoms with Gasteiger partial charge in [0.05, 0.1) is 18.2 Å². The van der Waals surface area contributed by atoms with Crippen molar-refractivity contribution in [1.29, 1.82) is 0 Å². The molecular weight excluding hydrogens is 152 g/mol. The van der Waals surface area contributed by atoms with Crippen LogP contribution in [0.2, 0.25) is 0 Å².